The van der Waals surface area contributed by atoms with Crippen molar-refractivity contribution in [3.63, 3.8) is 0 Å². The molecule has 3 rings (SSSR count). The lowest BCUT2D eigenvalue weighted by Gasteiger charge is -2.34. The average Bonchev–Trinajstić information content (AvgIpc) is 2.57. The van der Waals surface area contributed by atoms with Crippen LogP contribution in [-0.2, 0) is 11.2 Å². The van der Waals surface area contributed by atoms with Crippen LogP contribution in [0.2, 0.25) is 0 Å². The van der Waals surface area contributed by atoms with Gasteiger partial charge in [0.1, 0.15) is 0 Å². The van der Waals surface area contributed by atoms with E-state index in [1.807, 2.05) is 42.4 Å². The van der Waals surface area contributed by atoms with E-state index in [0.29, 0.717) is 19.5 Å². The molecule has 0 atom stereocenters. The van der Waals surface area contributed by atoms with E-state index in [0.717, 1.165) is 30.3 Å². The zero-order chi connectivity index (χ0) is 15.4. The maximum absolute atomic E-state index is 12.3. The van der Waals surface area contributed by atoms with Gasteiger partial charge in [0.25, 0.3) is 0 Å². The molecule has 114 valence electrons. The largest absolute Gasteiger partial charge is 0.339 e. The number of rotatable bonds is 3. The van der Waals surface area contributed by atoms with Gasteiger partial charge in [-0.25, -0.2) is 9.97 Å². The molecular weight excluding hydrogens is 278 g/mol. The minimum Gasteiger partial charge on any atom is -0.339 e. The topological polar surface area (TPSA) is 62.2 Å². The minimum absolute atomic E-state index is 0.128. The molecule has 2 aromatic rings. The van der Waals surface area contributed by atoms with Gasteiger partial charge < -0.3 is 9.80 Å². The zero-order valence-electron chi connectivity index (χ0n) is 12.6. The van der Waals surface area contributed by atoms with E-state index in [2.05, 4.69) is 19.9 Å². The van der Waals surface area contributed by atoms with Gasteiger partial charge in [-0.15, -0.1) is 0 Å². The van der Waals surface area contributed by atoms with Crippen molar-refractivity contribution in [2.75, 3.05) is 31.1 Å². The highest BCUT2D eigenvalue weighted by atomic mass is 16.2. The van der Waals surface area contributed by atoms with Gasteiger partial charge in [0.05, 0.1) is 6.42 Å². The first-order chi connectivity index (χ1) is 10.7. The predicted molar refractivity (Wildman–Crippen MR) is 83.5 cm³/mol. The molecule has 1 saturated heterocycles. The Hall–Kier alpha value is -2.50. The maximum atomic E-state index is 12.3. The number of anilines is 1. The summed E-state index contributed by atoms with van der Waals surface area (Å²) in [4.78, 5) is 29.2. The Kier molecular flexibility index (Phi) is 4.27. The normalized spacial score (nSPS) is 15.0. The Labute approximate surface area is 129 Å². The van der Waals surface area contributed by atoms with Crippen LogP contribution in [0.25, 0.3) is 0 Å². The molecule has 1 aliphatic heterocycles. The lowest BCUT2D eigenvalue weighted by molar-refractivity contribution is -0.130. The van der Waals surface area contributed by atoms with Crippen molar-refractivity contribution in [2.24, 2.45) is 0 Å². The number of nitrogens with zero attached hydrogens (tertiary/aromatic N) is 5. The maximum Gasteiger partial charge on any atom is 0.228 e. The van der Waals surface area contributed by atoms with E-state index in [-0.39, 0.29) is 5.91 Å². The standard InChI is InChI=1S/C16H19N5O/c1-13-11-18-16(19-12-13)21-8-6-20(7-9-21)15(22)10-14-4-2-3-5-17-14/h2-5,11-12H,6-10H2,1H3. The summed E-state index contributed by atoms with van der Waals surface area (Å²) in [7, 11) is 0. The fourth-order valence-corrected chi connectivity index (χ4v) is 2.47. The van der Waals surface area contributed by atoms with E-state index in [1.165, 1.54) is 0 Å². The Bertz CT molecular complexity index is 621. The van der Waals surface area contributed by atoms with Crippen molar-refractivity contribution < 1.29 is 4.79 Å². The quantitative estimate of drug-likeness (QED) is 0.848. The van der Waals surface area contributed by atoms with Crippen molar-refractivity contribution in [3.8, 4) is 0 Å². The van der Waals surface area contributed by atoms with Crippen LogP contribution in [0.3, 0.4) is 0 Å². The Balaban J connectivity index is 1.55. The van der Waals surface area contributed by atoms with Crippen molar-refractivity contribution in [1.82, 2.24) is 19.9 Å². The summed E-state index contributed by atoms with van der Waals surface area (Å²) in [6.45, 7) is 4.89. The van der Waals surface area contributed by atoms with Crippen molar-refractivity contribution >= 4 is 11.9 Å². The molecule has 1 fully saturated rings. The average molecular weight is 297 g/mol. The summed E-state index contributed by atoms with van der Waals surface area (Å²) < 4.78 is 0. The van der Waals surface area contributed by atoms with Gasteiger partial charge >= 0.3 is 0 Å². The number of hydrogen-bond donors (Lipinski definition) is 0. The molecular formula is C16H19N5O. The Morgan fingerprint density at radius 1 is 1.09 bits per heavy atom. The van der Waals surface area contributed by atoms with Gasteiger partial charge in [-0.2, -0.15) is 0 Å². The first-order valence-corrected chi connectivity index (χ1v) is 7.43. The van der Waals surface area contributed by atoms with Gasteiger partial charge in [-0.05, 0) is 24.6 Å². The molecule has 3 heterocycles. The third-order valence-electron chi connectivity index (χ3n) is 3.74. The number of hydrogen-bond acceptors (Lipinski definition) is 5. The van der Waals surface area contributed by atoms with Gasteiger partial charge in [0.15, 0.2) is 0 Å². The third-order valence-corrected chi connectivity index (χ3v) is 3.74. The first kappa shape index (κ1) is 14.4. The molecule has 1 amide bonds. The third kappa shape index (κ3) is 3.39. The van der Waals surface area contributed by atoms with Gasteiger partial charge in [-0.1, -0.05) is 6.07 Å². The molecule has 0 aromatic carbocycles. The Morgan fingerprint density at radius 3 is 2.45 bits per heavy atom. The fourth-order valence-electron chi connectivity index (χ4n) is 2.47. The van der Waals surface area contributed by atoms with E-state index in [9.17, 15) is 4.79 Å². The monoisotopic (exact) mass is 297 g/mol. The highest BCUT2D eigenvalue weighted by molar-refractivity contribution is 5.78. The summed E-state index contributed by atoms with van der Waals surface area (Å²) in [6, 6.07) is 5.64. The predicted octanol–water partition coefficient (Wildman–Crippen LogP) is 1.07. The summed E-state index contributed by atoms with van der Waals surface area (Å²) in [5.74, 6) is 0.866. The van der Waals surface area contributed by atoms with Crippen LogP contribution in [0.5, 0.6) is 0 Å². The van der Waals surface area contributed by atoms with Crippen LogP contribution in [0.4, 0.5) is 5.95 Å². The fraction of sp³-hybridized carbons (Fsp3) is 0.375. The molecule has 0 spiro atoms. The van der Waals surface area contributed by atoms with Gasteiger partial charge in [-0.3, -0.25) is 9.78 Å². The van der Waals surface area contributed by atoms with Gasteiger partial charge in [0.2, 0.25) is 11.9 Å². The van der Waals surface area contributed by atoms with Crippen LogP contribution in [0.1, 0.15) is 11.3 Å². The lowest BCUT2D eigenvalue weighted by atomic mass is 10.2. The molecule has 0 N–H and O–H groups in total. The highest BCUT2D eigenvalue weighted by Gasteiger charge is 2.22. The lowest BCUT2D eigenvalue weighted by Crippen LogP contribution is -2.49. The first-order valence-electron chi connectivity index (χ1n) is 7.43. The molecule has 6 nitrogen and oxygen atoms in total. The summed E-state index contributed by atoms with van der Waals surface area (Å²) in [5, 5.41) is 0. The number of aryl methyl sites for hydroxylation is 1. The molecule has 0 radical (unpaired) electrons. The number of aromatic nitrogens is 3. The molecule has 0 bridgehead atoms. The molecule has 0 aliphatic carbocycles. The zero-order valence-corrected chi connectivity index (χ0v) is 12.6. The highest BCUT2D eigenvalue weighted by Crippen LogP contribution is 2.11. The number of carbonyl (C=O) groups excluding carboxylic acids is 1. The molecule has 0 unspecified atom stereocenters. The second-order valence-corrected chi connectivity index (χ2v) is 5.43. The van der Waals surface area contributed by atoms with Crippen molar-refractivity contribution in [2.45, 2.75) is 13.3 Å². The second-order valence-electron chi connectivity index (χ2n) is 5.43. The second kappa shape index (κ2) is 6.51. The summed E-state index contributed by atoms with van der Waals surface area (Å²) in [6.07, 6.45) is 5.72. The smallest absolute Gasteiger partial charge is 0.228 e. The Morgan fingerprint density at radius 2 is 1.82 bits per heavy atom. The van der Waals surface area contributed by atoms with Gasteiger partial charge in [0, 0.05) is 50.5 Å². The SMILES string of the molecule is Cc1cnc(N2CCN(C(=O)Cc3ccccn3)CC2)nc1. The number of piperazine rings is 1. The van der Waals surface area contributed by atoms with Crippen LogP contribution in [0.15, 0.2) is 36.8 Å². The number of amides is 1. The van der Waals surface area contributed by atoms with Crippen LogP contribution in [0, 0.1) is 6.92 Å². The number of pyridine rings is 1. The minimum atomic E-state index is 0.128. The summed E-state index contributed by atoms with van der Waals surface area (Å²) in [5.41, 5.74) is 1.87. The van der Waals surface area contributed by atoms with E-state index in [1.54, 1.807) is 6.20 Å². The van der Waals surface area contributed by atoms with E-state index >= 15 is 0 Å². The summed E-state index contributed by atoms with van der Waals surface area (Å²) >= 11 is 0. The van der Waals surface area contributed by atoms with Crippen molar-refractivity contribution in [3.05, 3.63) is 48.0 Å². The molecule has 2 aromatic heterocycles. The molecule has 1 aliphatic rings. The van der Waals surface area contributed by atoms with E-state index in [4.69, 9.17) is 0 Å². The van der Waals surface area contributed by atoms with E-state index < -0.39 is 0 Å². The van der Waals surface area contributed by atoms with Crippen LogP contribution >= 0.6 is 0 Å². The van der Waals surface area contributed by atoms with Crippen molar-refractivity contribution in [1.29, 1.82) is 0 Å². The molecule has 6 heteroatoms. The number of carbonyl (C=O) groups is 1. The van der Waals surface area contributed by atoms with Crippen LogP contribution < -0.4 is 4.90 Å². The van der Waals surface area contributed by atoms with Crippen LogP contribution in [-0.4, -0.2) is 51.9 Å². The molecule has 0 saturated carbocycles. The molecule has 22 heavy (non-hydrogen) atoms.